The number of nitro groups is 1. The van der Waals surface area contributed by atoms with Crippen LogP contribution in [0.5, 0.6) is 0 Å². The van der Waals surface area contributed by atoms with Crippen molar-refractivity contribution in [3.8, 4) is 0 Å². The maximum absolute atomic E-state index is 12.4. The Balaban J connectivity index is 2.39. The summed E-state index contributed by atoms with van der Waals surface area (Å²) >= 11 is 6.39. The van der Waals surface area contributed by atoms with Gasteiger partial charge < -0.3 is 4.74 Å². The average molecular weight is 327 g/mol. The number of halogens is 1. The van der Waals surface area contributed by atoms with Crippen LogP contribution in [0.2, 0.25) is 4.34 Å². The second-order valence-electron chi connectivity index (χ2n) is 4.02. The van der Waals surface area contributed by atoms with Crippen LogP contribution in [0.4, 0.5) is 5.69 Å². The molecule has 2 heterocycles. The summed E-state index contributed by atoms with van der Waals surface area (Å²) in [6, 6.07) is 0.698. The lowest BCUT2D eigenvalue weighted by atomic mass is 10.3. The van der Waals surface area contributed by atoms with Crippen molar-refractivity contribution in [2.75, 3.05) is 19.8 Å². The third kappa shape index (κ3) is 2.75. The minimum Gasteiger partial charge on any atom is -0.378 e. The molecule has 1 atom stereocenters. The van der Waals surface area contributed by atoms with Crippen LogP contribution in [0.3, 0.4) is 0 Å². The predicted molar refractivity (Wildman–Crippen MR) is 70.2 cm³/mol. The number of rotatable bonds is 3. The van der Waals surface area contributed by atoms with Crippen LogP contribution >= 0.6 is 22.9 Å². The zero-order chi connectivity index (χ0) is 14.2. The summed E-state index contributed by atoms with van der Waals surface area (Å²) in [6.07, 6.45) is 0. The summed E-state index contributed by atoms with van der Waals surface area (Å²) in [5, 5.41) is 10.7. The van der Waals surface area contributed by atoms with Crippen LogP contribution in [-0.2, 0) is 14.8 Å². The molecule has 1 aliphatic heterocycles. The monoisotopic (exact) mass is 326 g/mol. The minimum absolute atomic E-state index is 0.113. The molecule has 0 radical (unpaired) electrons. The van der Waals surface area contributed by atoms with E-state index in [0.29, 0.717) is 24.6 Å². The summed E-state index contributed by atoms with van der Waals surface area (Å²) in [6.45, 7) is 2.57. The Morgan fingerprint density at radius 3 is 2.84 bits per heavy atom. The topological polar surface area (TPSA) is 89.8 Å². The molecule has 106 valence electrons. The van der Waals surface area contributed by atoms with E-state index in [2.05, 4.69) is 0 Å². The highest BCUT2D eigenvalue weighted by Gasteiger charge is 2.34. The number of morpholine rings is 1. The molecule has 1 fully saturated rings. The highest BCUT2D eigenvalue weighted by atomic mass is 35.5. The smallest absolute Gasteiger partial charge is 0.300 e. The van der Waals surface area contributed by atoms with Gasteiger partial charge in [0.2, 0.25) is 0 Å². The third-order valence-corrected chi connectivity index (χ3v) is 6.51. The lowest BCUT2D eigenvalue weighted by Gasteiger charge is -2.31. The van der Waals surface area contributed by atoms with Gasteiger partial charge in [0.25, 0.3) is 15.7 Å². The van der Waals surface area contributed by atoms with Crippen LogP contribution in [0.25, 0.3) is 0 Å². The Labute approximate surface area is 118 Å². The van der Waals surface area contributed by atoms with Gasteiger partial charge >= 0.3 is 0 Å². The van der Waals surface area contributed by atoms with Crippen molar-refractivity contribution in [3.05, 3.63) is 20.5 Å². The van der Waals surface area contributed by atoms with Crippen molar-refractivity contribution in [3.63, 3.8) is 0 Å². The Bertz CT molecular complexity index is 600. The fraction of sp³-hybridized carbons (Fsp3) is 0.556. The molecule has 1 aromatic rings. The molecule has 7 nitrogen and oxygen atoms in total. The second-order valence-corrected chi connectivity index (χ2v) is 7.79. The van der Waals surface area contributed by atoms with Crippen LogP contribution in [0.1, 0.15) is 6.92 Å². The van der Waals surface area contributed by atoms with E-state index in [0.717, 1.165) is 6.07 Å². The van der Waals surface area contributed by atoms with Crippen LogP contribution in [-0.4, -0.2) is 43.4 Å². The first-order valence-corrected chi connectivity index (χ1v) is 8.01. The predicted octanol–water partition coefficient (Wildman–Crippen LogP) is 1.72. The van der Waals surface area contributed by atoms with Crippen molar-refractivity contribution in [2.45, 2.75) is 17.2 Å². The number of nitrogens with zero attached hydrogens (tertiary/aromatic N) is 2. The maximum Gasteiger partial charge on any atom is 0.300 e. The van der Waals surface area contributed by atoms with Crippen LogP contribution in [0.15, 0.2) is 10.3 Å². The average Bonchev–Trinajstić information content (AvgIpc) is 2.72. The molecule has 0 amide bonds. The Morgan fingerprint density at radius 1 is 1.63 bits per heavy atom. The fourth-order valence-electron chi connectivity index (χ4n) is 1.77. The van der Waals surface area contributed by atoms with E-state index < -0.39 is 14.9 Å². The van der Waals surface area contributed by atoms with Crippen molar-refractivity contribution < 1.29 is 18.1 Å². The number of thiophene rings is 1. The molecule has 2 rings (SSSR count). The van der Waals surface area contributed by atoms with Gasteiger partial charge in [-0.2, -0.15) is 4.31 Å². The van der Waals surface area contributed by atoms with Crippen molar-refractivity contribution in [2.24, 2.45) is 0 Å². The molecule has 19 heavy (non-hydrogen) atoms. The zero-order valence-corrected chi connectivity index (χ0v) is 12.3. The van der Waals surface area contributed by atoms with Crippen molar-refractivity contribution in [1.29, 1.82) is 0 Å². The molecule has 0 N–H and O–H groups in total. The third-order valence-electron chi connectivity index (χ3n) is 2.71. The summed E-state index contributed by atoms with van der Waals surface area (Å²) in [5.74, 6) is 0. The molecular formula is C9H11ClN2O5S2. The van der Waals surface area contributed by atoms with Crippen molar-refractivity contribution >= 4 is 38.6 Å². The first-order chi connectivity index (χ1) is 8.84. The van der Waals surface area contributed by atoms with Crippen LogP contribution < -0.4 is 0 Å². The molecule has 0 unspecified atom stereocenters. The van der Waals surface area contributed by atoms with Crippen molar-refractivity contribution in [1.82, 2.24) is 4.31 Å². The summed E-state index contributed by atoms with van der Waals surface area (Å²) < 4.78 is 31.0. The number of hydrogen-bond donors (Lipinski definition) is 0. The van der Waals surface area contributed by atoms with E-state index in [1.807, 2.05) is 0 Å². The Hall–Kier alpha value is -0.740. The minimum atomic E-state index is -3.76. The zero-order valence-electron chi connectivity index (χ0n) is 9.91. The van der Waals surface area contributed by atoms with Gasteiger partial charge in [0, 0.05) is 18.7 Å². The fourth-order valence-corrected chi connectivity index (χ4v) is 5.17. The second kappa shape index (κ2) is 5.33. The highest BCUT2D eigenvalue weighted by Crippen LogP contribution is 2.38. The molecule has 1 saturated heterocycles. The first kappa shape index (κ1) is 14.7. The van der Waals surface area contributed by atoms with Gasteiger partial charge in [-0.05, 0) is 6.92 Å². The summed E-state index contributed by atoms with van der Waals surface area (Å²) in [5.41, 5.74) is -0.383. The molecule has 0 aliphatic carbocycles. The van der Waals surface area contributed by atoms with Gasteiger partial charge in [0.15, 0.2) is 4.34 Å². The summed E-state index contributed by atoms with van der Waals surface area (Å²) in [4.78, 5) is 10.0. The van der Waals surface area contributed by atoms with Gasteiger partial charge in [-0.15, -0.1) is 11.3 Å². The van der Waals surface area contributed by atoms with Crippen LogP contribution in [0, 0.1) is 10.1 Å². The number of hydrogen-bond acceptors (Lipinski definition) is 6. The molecule has 10 heteroatoms. The molecule has 0 spiro atoms. The molecule has 0 saturated carbocycles. The van der Waals surface area contributed by atoms with Gasteiger partial charge in [-0.3, -0.25) is 10.1 Å². The Kier molecular flexibility index (Phi) is 4.11. The lowest BCUT2D eigenvalue weighted by molar-refractivity contribution is -0.384. The van der Waals surface area contributed by atoms with E-state index in [4.69, 9.17) is 16.3 Å². The highest BCUT2D eigenvalue weighted by molar-refractivity contribution is 7.91. The van der Waals surface area contributed by atoms with E-state index in [1.165, 1.54) is 4.31 Å². The van der Waals surface area contributed by atoms with E-state index in [1.54, 1.807) is 6.92 Å². The maximum atomic E-state index is 12.4. The molecule has 0 aromatic carbocycles. The quantitative estimate of drug-likeness (QED) is 0.623. The van der Waals surface area contributed by atoms with E-state index in [-0.39, 0.29) is 26.8 Å². The molecular weight excluding hydrogens is 316 g/mol. The van der Waals surface area contributed by atoms with Gasteiger partial charge in [0.05, 0.1) is 18.1 Å². The van der Waals surface area contributed by atoms with Gasteiger partial charge in [-0.1, -0.05) is 11.6 Å². The van der Waals surface area contributed by atoms with Gasteiger partial charge in [-0.25, -0.2) is 8.42 Å². The van der Waals surface area contributed by atoms with E-state index in [9.17, 15) is 18.5 Å². The Morgan fingerprint density at radius 2 is 2.32 bits per heavy atom. The normalized spacial score (nSPS) is 21.5. The molecule has 1 aromatic heterocycles. The standard InChI is InChI=1S/C9H11ClN2O5S2/c1-6-5-17-3-2-11(6)19(15,16)8-4-7(12(13)14)9(10)18-8/h4,6H,2-3,5H2,1H3/t6-/m1/s1. The number of sulfonamides is 1. The first-order valence-electron chi connectivity index (χ1n) is 5.37. The van der Waals surface area contributed by atoms with Gasteiger partial charge in [0.1, 0.15) is 4.21 Å². The molecule has 1 aliphatic rings. The number of ether oxygens (including phenoxy) is 1. The lowest BCUT2D eigenvalue weighted by Crippen LogP contribution is -2.46. The van der Waals surface area contributed by atoms with E-state index >= 15 is 0 Å². The SMILES string of the molecule is C[C@@H]1COCCN1S(=O)(=O)c1cc([N+](=O)[O-])c(Cl)s1. The summed E-state index contributed by atoms with van der Waals surface area (Å²) in [7, 11) is -3.76. The molecule has 0 bridgehead atoms. The largest absolute Gasteiger partial charge is 0.378 e.